The molecule has 2 rings (SSSR count). The molecule has 0 bridgehead atoms. The number of hydrogen-bond acceptors (Lipinski definition) is 4. The highest BCUT2D eigenvalue weighted by Gasteiger charge is 2.10. The first-order valence-corrected chi connectivity index (χ1v) is 9.66. The standard InChI is InChI=1S/C21H27N3O3S/c1-5-26-18-11-10-16(12-19(18)27-6-2)13-20(25)23-24-21(28)22-17-9-7-8-14(3)15(17)4/h7-12H,5-6,13H2,1-4H3,(H,23,25)(H2,22,24,28). The zero-order chi connectivity index (χ0) is 20.5. The molecule has 0 radical (unpaired) electrons. The number of anilines is 1. The first-order valence-electron chi connectivity index (χ1n) is 9.25. The molecule has 150 valence electrons. The van der Waals surface area contributed by atoms with Crippen molar-refractivity contribution in [1.29, 1.82) is 0 Å². The first kappa shape index (κ1) is 21.5. The smallest absolute Gasteiger partial charge is 0.242 e. The third-order valence-electron chi connectivity index (χ3n) is 4.14. The van der Waals surface area contributed by atoms with E-state index >= 15 is 0 Å². The summed E-state index contributed by atoms with van der Waals surface area (Å²) in [6, 6.07) is 11.4. The molecule has 0 aliphatic rings. The number of rotatable bonds is 7. The van der Waals surface area contributed by atoms with E-state index in [2.05, 4.69) is 16.2 Å². The summed E-state index contributed by atoms with van der Waals surface area (Å²) in [6.45, 7) is 8.94. The van der Waals surface area contributed by atoms with Gasteiger partial charge in [-0.1, -0.05) is 18.2 Å². The Kier molecular flexibility index (Phi) is 8.07. The lowest BCUT2D eigenvalue weighted by Gasteiger charge is -2.15. The van der Waals surface area contributed by atoms with Crippen LogP contribution in [0.3, 0.4) is 0 Å². The molecular formula is C21H27N3O3S. The van der Waals surface area contributed by atoms with Gasteiger partial charge in [-0.3, -0.25) is 15.6 Å². The maximum Gasteiger partial charge on any atom is 0.242 e. The SMILES string of the molecule is CCOc1ccc(CC(=O)NNC(=S)Nc2cccc(C)c2C)cc1OCC. The topological polar surface area (TPSA) is 71.6 Å². The normalized spacial score (nSPS) is 10.1. The lowest BCUT2D eigenvalue weighted by molar-refractivity contribution is -0.120. The maximum absolute atomic E-state index is 12.2. The van der Waals surface area contributed by atoms with Gasteiger partial charge in [-0.15, -0.1) is 0 Å². The van der Waals surface area contributed by atoms with Crippen LogP contribution in [0, 0.1) is 13.8 Å². The van der Waals surface area contributed by atoms with Crippen LogP contribution in [0.4, 0.5) is 5.69 Å². The Balaban J connectivity index is 1.90. The highest BCUT2D eigenvalue weighted by Crippen LogP contribution is 2.28. The molecule has 0 atom stereocenters. The summed E-state index contributed by atoms with van der Waals surface area (Å²) >= 11 is 5.25. The average molecular weight is 402 g/mol. The Labute approximate surface area is 171 Å². The first-order chi connectivity index (χ1) is 13.4. The van der Waals surface area contributed by atoms with Crippen LogP contribution < -0.4 is 25.6 Å². The number of hydrazine groups is 1. The second-order valence-corrected chi connectivity index (χ2v) is 6.61. The average Bonchev–Trinajstić information content (AvgIpc) is 2.66. The quantitative estimate of drug-likeness (QED) is 0.486. The molecule has 2 aromatic carbocycles. The molecule has 28 heavy (non-hydrogen) atoms. The van der Waals surface area contributed by atoms with Crippen LogP contribution in [-0.4, -0.2) is 24.2 Å². The fourth-order valence-corrected chi connectivity index (χ4v) is 2.76. The number of aryl methyl sites for hydroxylation is 1. The van der Waals surface area contributed by atoms with Gasteiger partial charge in [0.2, 0.25) is 5.91 Å². The van der Waals surface area contributed by atoms with E-state index in [0.29, 0.717) is 29.8 Å². The minimum Gasteiger partial charge on any atom is -0.490 e. The fourth-order valence-electron chi connectivity index (χ4n) is 2.60. The summed E-state index contributed by atoms with van der Waals surface area (Å²) in [5.41, 5.74) is 9.34. The van der Waals surface area contributed by atoms with E-state index in [-0.39, 0.29) is 12.3 Å². The summed E-state index contributed by atoms with van der Waals surface area (Å²) < 4.78 is 11.1. The highest BCUT2D eigenvalue weighted by atomic mass is 32.1. The minimum absolute atomic E-state index is 0.186. The second-order valence-electron chi connectivity index (χ2n) is 6.20. The van der Waals surface area contributed by atoms with Crippen LogP contribution in [0.15, 0.2) is 36.4 Å². The van der Waals surface area contributed by atoms with Crippen LogP contribution in [-0.2, 0) is 11.2 Å². The Hall–Kier alpha value is -2.80. The van der Waals surface area contributed by atoms with E-state index < -0.39 is 0 Å². The maximum atomic E-state index is 12.2. The van der Waals surface area contributed by atoms with E-state index in [0.717, 1.165) is 22.4 Å². The Morgan fingerprint density at radius 1 is 1.00 bits per heavy atom. The van der Waals surface area contributed by atoms with Crippen molar-refractivity contribution in [3.8, 4) is 11.5 Å². The Morgan fingerprint density at radius 2 is 1.71 bits per heavy atom. The predicted molar refractivity (Wildman–Crippen MR) is 116 cm³/mol. The number of ether oxygens (including phenoxy) is 2. The molecule has 0 unspecified atom stereocenters. The van der Waals surface area contributed by atoms with Crippen molar-refractivity contribution < 1.29 is 14.3 Å². The summed E-state index contributed by atoms with van der Waals surface area (Å²) in [5.74, 6) is 1.09. The van der Waals surface area contributed by atoms with Crippen molar-refractivity contribution in [1.82, 2.24) is 10.9 Å². The van der Waals surface area contributed by atoms with Gasteiger partial charge < -0.3 is 14.8 Å². The van der Waals surface area contributed by atoms with Crippen LogP contribution in [0.1, 0.15) is 30.5 Å². The number of amides is 1. The molecule has 0 spiro atoms. The van der Waals surface area contributed by atoms with Crippen molar-refractivity contribution in [3.63, 3.8) is 0 Å². The summed E-state index contributed by atoms with van der Waals surface area (Å²) in [7, 11) is 0. The van der Waals surface area contributed by atoms with Crippen LogP contribution in [0.25, 0.3) is 0 Å². The lowest BCUT2D eigenvalue weighted by atomic mass is 10.1. The van der Waals surface area contributed by atoms with Crippen molar-refractivity contribution in [2.45, 2.75) is 34.1 Å². The summed E-state index contributed by atoms with van der Waals surface area (Å²) in [4.78, 5) is 12.2. The van der Waals surface area contributed by atoms with Gasteiger partial charge in [-0.05, 0) is 74.8 Å². The molecule has 2 aromatic rings. The molecular weight excluding hydrogens is 374 g/mol. The van der Waals surface area contributed by atoms with Gasteiger partial charge in [0.15, 0.2) is 16.6 Å². The zero-order valence-corrected chi connectivity index (χ0v) is 17.5. The van der Waals surface area contributed by atoms with Gasteiger partial charge >= 0.3 is 0 Å². The van der Waals surface area contributed by atoms with E-state index in [4.69, 9.17) is 21.7 Å². The molecule has 0 saturated carbocycles. The molecule has 1 amide bonds. The number of nitrogens with one attached hydrogen (secondary N) is 3. The monoisotopic (exact) mass is 401 g/mol. The molecule has 0 aromatic heterocycles. The fraction of sp³-hybridized carbons (Fsp3) is 0.333. The zero-order valence-electron chi connectivity index (χ0n) is 16.7. The van der Waals surface area contributed by atoms with Crippen molar-refractivity contribution in [3.05, 3.63) is 53.1 Å². The number of hydrogen-bond donors (Lipinski definition) is 3. The predicted octanol–water partition coefficient (Wildman–Crippen LogP) is 3.66. The second kappa shape index (κ2) is 10.5. The molecule has 0 fully saturated rings. The van der Waals surface area contributed by atoms with Gasteiger partial charge in [0.05, 0.1) is 19.6 Å². The van der Waals surface area contributed by atoms with Crippen molar-refractivity contribution in [2.75, 3.05) is 18.5 Å². The number of carbonyl (C=O) groups is 1. The van der Waals surface area contributed by atoms with E-state index in [1.807, 2.05) is 64.1 Å². The molecule has 3 N–H and O–H groups in total. The summed E-state index contributed by atoms with van der Waals surface area (Å²) in [5, 5.41) is 3.41. The van der Waals surface area contributed by atoms with Crippen LogP contribution >= 0.6 is 12.2 Å². The van der Waals surface area contributed by atoms with E-state index in [9.17, 15) is 4.79 Å². The number of benzene rings is 2. The minimum atomic E-state index is -0.211. The number of thiocarbonyl (C=S) groups is 1. The largest absolute Gasteiger partial charge is 0.490 e. The molecule has 0 heterocycles. The van der Waals surface area contributed by atoms with Gasteiger partial charge in [-0.2, -0.15) is 0 Å². The van der Waals surface area contributed by atoms with Crippen LogP contribution in [0.2, 0.25) is 0 Å². The highest BCUT2D eigenvalue weighted by molar-refractivity contribution is 7.80. The molecule has 0 aliphatic carbocycles. The van der Waals surface area contributed by atoms with Crippen molar-refractivity contribution >= 4 is 28.9 Å². The van der Waals surface area contributed by atoms with Crippen LogP contribution in [0.5, 0.6) is 11.5 Å². The van der Waals surface area contributed by atoms with Gasteiger partial charge in [0.25, 0.3) is 0 Å². The third-order valence-corrected chi connectivity index (χ3v) is 4.34. The summed E-state index contributed by atoms with van der Waals surface area (Å²) in [6.07, 6.45) is 0.186. The molecule has 0 aliphatic heterocycles. The third kappa shape index (κ3) is 6.13. The van der Waals surface area contributed by atoms with Gasteiger partial charge in [0, 0.05) is 5.69 Å². The Morgan fingerprint density at radius 3 is 2.43 bits per heavy atom. The molecule has 0 saturated heterocycles. The van der Waals surface area contributed by atoms with Gasteiger partial charge in [0.1, 0.15) is 0 Å². The molecule has 6 nitrogen and oxygen atoms in total. The van der Waals surface area contributed by atoms with Gasteiger partial charge in [-0.25, -0.2) is 0 Å². The van der Waals surface area contributed by atoms with E-state index in [1.54, 1.807) is 0 Å². The van der Waals surface area contributed by atoms with E-state index in [1.165, 1.54) is 0 Å². The molecule has 7 heteroatoms. The Bertz CT molecular complexity index is 840. The van der Waals surface area contributed by atoms with Crippen molar-refractivity contribution in [2.24, 2.45) is 0 Å². The number of carbonyl (C=O) groups excluding carboxylic acids is 1. The lowest BCUT2D eigenvalue weighted by Crippen LogP contribution is -2.44.